The minimum Gasteiger partial charge on any atom is -0.496 e. The first-order valence-electron chi connectivity index (χ1n) is 10.5. The van der Waals surface area contributed by atoms with Crippen molar-refractivity contribution < 1.29 is 9.84 Å². The summed E-state index contributed by atoms with van der Waals surface area (Å²) in [6.07, 6.45) is 1.46. The summed E-state index contributed by atoms with van der Waals surface area (Å²) in [6, 6.07) is 1.93. The molecule has 2 atom stereocenters. The van der Waals surface area contributed by atoms with Crippen molar-refractivity contribution in [2.45, 2.75) is 45.7 Å². The molecule has 1 aliphatic rings. The number of ether oxygens (including phenoxy) is 1. The number of nitrogens with zero attached hydrogens (tertiary/aromatic N) is 5. The van der Waals surface area contributed by atoms with Crippen LogP contribution in [0.1, 0.15) is 48.2 Å². The van der Waals surface area contributed by atoms with Crippen molar-refractivity contribution in [1.82, 2.24) is 24.6 Å². The van der Waals surface area contributed by atoms with Crippen LogP contribution in [0.25, 0.3) is 11.0 Å². The first-order chi connectivity index (χ1) is 14.8. The van der Waals surface area contributed by atoms with E-state index in [1.807, 2.05) is 31.5 Å². The SMILES string of the molecule is COc1c(C(C)n2nc(C)c3c(N)ncnc32)cc(Cl)c(C)c1C1CN(C(C)CO)C1. The lowest BCUT2D eigenvalue weighted by molar-refractivity contribution is 0.0619. The molecule has 1 fully saturated rings. The molecule has 3 N–H and O–H groups in total. The maximum absolute atomic E-state index is 9.46. The van der Waals surface area contributed by atoms with Crippen LogP contribution >= 0.6 is 11.6 Å². The molecule has 0 amide bonds. The van der Waals surface area contributed by atoms with Gasteiger partial charge in [-0.2, -0.15) is 5.10 Å². The molecule has 1 aromatic carbocycles. The van der Waals surface area contributed by atoms with Crippen molar-refractivity contribution in [3.63, 3.8) is 0 Å². The third kappa shape index (κ3) is 3.52. The number of rotatable bonds is 6. The number of anilines is 1. The van der Waals surface area contributed by atoms with Crippen molar-refractivity contribution in [2.24, 2.45) is 0 Å². The van der Waals surface area contributed by atoms with Gasteiger partial charge in [-0.15, -0.1) is 0 Å². The molecule has 1 aliphatic heterocycles. The molecule has 4 rings (SSSR count). The molecule has 3 heterocycles. The molecular formula is C22H29ClN6O2. The average Bonchev–Trinajstić information content (AvgIpc) is 3.06. The van der Waals surface area contributed by atoms with Gasteiger partial charge in [0.1, 0.15) is 17.9 Å². The van der Waals surface area contributed by atoms with Gasteiger partial charge < -0.3 is 15.6 Å². The van der Waals surface area contributed by atoms with Crippen molar-refractivity contribution >= 4 is 28.5 Å². The quantitative estimate of drug-likeness (QED) is 0.602. The number of hydrogen-bond donors (Lipinski definition) is 2. The first-order valence-corrected chi connectivity index (χ1v) is 10.8. The normalized spacial score (nSPS) is 17.0. The van der Waals surface area contributed by atoms with Crippen LogP contribution in [-0.4, -0.2) is 62.6 Å². The summed E-state index contributed by atoms with van der Waals surface area (Å²) < 4.78 is 7.81. The number of hydrogen-bond acceptors (Lipinski definition) is 7. The van der Waals surface area contributed by atoms with E-state index in [2.05, 4.69) is 21.8 Å². The molecule has 0 spiro atoms. The molecule has 8 nitrogen and oxygen atoms in total. The number of aliphatic hydroxyl groups is 1. The van der Waals surface area contributed by atoms with E-state index >= 15 is 0 Å². The number of fused-ring (bicyclic) bond motifs is 1. The van der Waals surface area contributed by atoms with Gasteiger partial charge in [0.2, 0.25) is 0 Å². The number of benzene rings is 1. The standard InChI is InChI=1S/C22H29ClN6O2/c1-11(9-30)28-7-15(8-28)18-12(2)17(23)6-16(20(18)31-5)14(4)29-22-19(13(3)27-29)21(24)25-10-26-22/h6,10-11,14-15,30H,7-9H2,1-5H3,(H2,24,25,26). The highest BCUT2D eigenvalue weighted by Crippen LogP contribution is 2.44. The topological polar surface area (TPSA) is 102 Å². The van der Waals surface area contributed by atoms with Gasteiger partial charge in [0.15, 0.2) is 5.65 Å². The summed E-state index contributed by atoms with van der Waals surface area (Å²) in [5.41, 5.74) is 10.6. The van der Waals surface area contributed by atoms with E-state index in [9.17, 15) is 5.11 Å². The van der Waals surface area contributed by atoms with Gasteiger partial charge >= 0.3 is 0 Å². The van der Waals surface area contributed by atoms with Crippen molar-refractivity contribution in [3.8, 4) is 5.75 Å². The average molecular weight is 445 g/mol. The number of likely N-dealkylation sites (tertiary alicyclic amines) is 1. The first kappa shape index (κ1) is 21.8. The highest BCUT2D eigenvalue weighted by molar-refractivity contribution is 6.31. The van der Waals surface area contributed by atoms with Crippen LogP contribution < -0.4 is 10.5 Å². The third-order valence-corrected chi connectivity index (χ3v) is 6.86. The summed E-state index contributed by atoms with van der Waals surface area (Å²) in [6.45, 7) is 9.90. The number of methoxy groups -OCH3 is 1. The van der Waals surface area contributed by atoms with E-state index in [0.29, 0.717) is 22.4 Å². The molecule has 166 valence electrons. The van der Waals surface area contributed by atoms with Gasteiger partial charge in [0, 0.05) is 41.2 Å². The Balaban J connectivity index is 1.80. The Bertz CT molecular complexity index is 1130. The predicted molar refractivity (Wildman–Crippen MR) is 122 cm³/mol. The Morgan fingerprint density at radius 1 is 1.29 bits per heavy atom. The molecule has 1 saturated heterocycles. The molecule has 9 heteroatoms. The Morgan fingerprint density at radius 2 is 2.00 bits per heavy atom. The predicted octanol–water partition coefficient (Wildman–Crippen LogP) is 3.08. The number of aromatic nitrogens is 4. The Hall–Kier alpha value is -2.42. The van der Waals surface area contributed by atoms with Crippen molar-refractivity contribution in [3.05, 3.63) is 39.8 Å². The number of aliphatic hydroxyl groups excluding tert-OH is 1. The zero-order chi connectivity index (χ0) is 22.4. The minimum absolute atomic E-state index is 0.142. The fourth-order valence-electron chi connectivity index (χ4n) is 4.54. The van der Waals surface area contributed by atoms with E-state index in [-0.39, 0.29) is 18.7 Å². The highest BCUT2D eigenvalue weighted by Gasteiger charge is 2.36. The van der Waals surface area contributed by atoms with Crippen LogP contribution in [0, 0.1) is 13.8 Å². The van der Waals surface area contributed by atoms with Crippen LogP contribution in [0.3, 0.4) is 0 Å². The van der Waals surface area contributed by atoms with Crippen LogP contribution in [0.15, 0.2) is 12.4 Å². The zero-order valence-corrected chi connectivity index (χ0v) is 19.3. The zero-order valence-electron chi connectivity index (χ0n) is 18.6. The summed E-state index contributed by atoms with van der Waals surface area (Å²) in [7, 11) is 1.70. The lowest BCUT2D eigenvalue weighted by atomic mass is 9.84. The Kier molecular flexibility index (Phi) is 5.81. The molecule has 0 saturated carbocycles. The smallest absolute Gasteiger partial charge is 0.164 e. The molecule has 0 radical (unpaired) electrons. The lowest BCUT2D eigenvalue weighted by Crippen LogP contribution is -2.51. The monoisotopic (exact) mass is 444 g/mol. The number of halogens is 1. The summed E-state index contributed by atoms with van der Waals surface area (Å²) in [5, 5.41) is 15.6. The maximum atomic E-state index is 9.46. The van der Waals surface area contributed by atoms with Crippen molar-refractivity contribution in [1.29, 1.82) is 0 Å². The third-order valence-electron chi connectivity index (χ3n) is 6.47. The van der Waals surface area contributed by atoms with Crippen LogP contribution in [0.4, 0.5) is 5.82 Å². The van der Waals surface area contributed by atoms with Gasteiger partial charge in [0.25, 0.3) is 0 Å². The number of nitrogens with two attached hydrogens (primary N) is 1. The summed E-state index contributed by atoms with van der Waals surface area (Å²) >= 11 is 6.70. The molecular weight excluding hydrogens is 416 g/mol. The summed E-state index contributed by atoms with van der Waals surface area (Å²) in [5.74, 6) is 1.55. The van der Waals surface area contributed by atoms with Crippen LogP contribution in [0.5, 0.6) is 5.75 Å². The van der Waals surface area contributed by atoms with Gasteiger partial charge in [-0.05, 0) is 39.3 Å². The van der Waals surface area contributed by atoms with Gasteiger partial charge in [-0.25, -0.2) is 14.6 Å². The van der Waals surface area contributed by atoms with Crippen LogP contribution in [-0.2, 0) is 0 Å². The number of aryl methyl sites for hydroxylation is 1. The largest absolute Gasteiger partial charge is 0.496 e. The van der Waals surface area contributed by atoms with Gasteiger partial charge in [-0.3, -0.25) is 4.90 Å². The molecule has 3 aromatic rings. The fraction of sp³-hybridized carbons (Fsp3) is 0.500. The minimum atomic E-state index is -0.176. The Morgan fingerprint density at radius 3 is 2.65 bits per heavy atom. The van der Waals surface area contributed by atoms with E-state index in [0.717, 1.165) is 46.6 Å². The second-order valence-corrected chi connectivity index (χ2v) is 8.77. The highest BCUT2D eigenvalue weighted by atomic mass is 35.5. The lowest BCUT2D eigenvalue weighted by Gasteiger charge is -2.44. The molecule has 0 bridgehead atoms. The second-order valence-electron chi connectivity index (χ2n) is 8.37. The van der Waals surface area contributed by atoms with Gasteiger partial charge in [0.05, 0.1) is 30.8 Å². The van der Waals surface area contributed by atoms with E-state index in [1.165, 1.54) is 6.33 Å². The molecule has 31 heavy (non-hydrogen) atoms. The van der Waals surface area contributed by atoms with E-state index in [4.69, 9.17) is 27.2 Å². The van der Waals surface area contributed by atoms with Crippen molar-refractivity contribution in [2.75, 3.05) is 32.5 Å². The van der Waals surface area contributed by atoms with Crippen LogP contribution in [0.2, 0.25) is 5.02 Å². The second kappa shape index (κ2) is 8.26. The van der Waals surface area contributed by atoms with Gasteiger partial charge in [-0.1, -0.05) is 11.6 Å². The van der Waals surface area contributed by atoms with E-state index < -0.39 is 0 Å². The molecule has 2 unspecified atom stereocenters. The fourth-order valence-corrected chi connectivity index (χ4v) is 4.76. The summed E-state index contributed by atoms with van der Waals surface area (Å²) in [4.78, 5) is 10.8. The number of nitrogen functional groups attached to an aromatic ring is 1. The molecule has 0 aliphatic carbocycles. The maximum Gasteiger partial charge on any atom is 0.164 e. The van der Waals surface area contributed by atoms with E-state index in [1.54, 1.807) is 7.11 Å². The molecule has 2 aromatic heterocycles. The Labute approximate surface area is 187 Å².